The minimum atomic E-state index is -0.558. The maximum absolute atomic E-state index is 10.6. The normalized spacial score (nSPS) is 9.86. The Hall–Kier alpha value is -1.43. The number of anilines is 1. The molecule has 0 aromatic heterocycles. The van der Waals surface area contributed by atoms with E-state index in [1.165, 1.54) is 6.07 Å². The number of nitro benzene ring substituents is 1. The van der Waals surface area contributed by atoms with Crippen molar-refractivity contribution in [1.82, 2.24) is 0 Å². The van der Waals surface area contributed by atoms with Crippen LogP contribution in [0.5, 0.6) is 5.75 Å². The van der Waals surface area contributed by atoms with Gasteiger partial charge in [0.05, 0.1) is 17.6 Å². The van der Waals surface area contributed by atoms with E-state index in [0.29, 0.717) is 17.3 Å². The summed E-state index contributed by atoms with van der Waals surface area (Å²) in [6, 6.07) is 2.84. The van der Waals surface area contributed by atoms with E-state index < -0.39 is 4.92 Å². The Balaban J connectivity index is 3.21. The highest BCUT2D eigenvalue weighted by atomic mass is 32.1. The second kappa shape index (κ2) is 4.19. The number of nitrogen functional groups attached to an aromatic ring is 1. The molecule has 0 saturated heterocycles. The van der Waals surface area contributed by atoms with Crippen LogP contribution in [0.1, 0.15) is 6.92 Å². The van der Waals surface area contributed by atoms with Gasteiger partial charge in [0.15, 0.2) is 0 Å². The Morgan fingerprint density at radius 2 is 2.29 bits per heavy atom. The van der Waals surface area contributed by atoms with Crippen molar-refractivity contribution < 1.29 is 9.66 Å². The van der Waals surface area contributed by atoms with Gasteiger partial charge in [-0.2, -0.15) is 0 Å². The Morgan fingerprint density at radius 1 is 1.64 bits per heavy atom. The van der Waals surface area contributed by atoms with E-state index in [2.05, 4.69) is 12.6 Å². The van der Waals surface area contributed by atoms with Crippen LogP contribution in [-0.2, 0) is 0 Å². The lowest BCUT2D eigenvalue weighted by Crippen LogP contribution is -1.99. The average Bonchev–Trinajstić information content (AvgIpc) is 2.11. The van der Waals surface area contributed by atoms with Crippen molar-refractivity contribution in [3.8, 4) is 5.75 Å². The number of nitro groups is 1. The predicted molar refractivity (Wildman–Crippen MR) is 55.9 cm³/mol. The first-order valence-electron chi connectivity index (χ1n) is 3.96. The maximum Gasteiger partial charge on any atom is 0.296 e. The van der Waals surface area contributed by atoms with Crippen LogP contribution in [0.25, 0.3) is 0 Å². The third kappa shape index (κ3) is 2.08. The molecule has 0 bridgehead atoms. The first-order chi connectivity index (χ1) is 6.56. The van der Waals surface area contributed by atoms with Crippen LogP contribution in [0.2, 0.25) is 0 Å². The number of nitrogens with zero attached hydrogens (tertiary/aromatic N) is 1. The molecule has 0 radical (unpaired) electrons. The minimum Gasteiger partial charge on any atom is -0.494 e. The lowest BCUT2D eigenvalue weighted by molar-refractivity contribution is -0.384. The lowest BCUT2D eigenvalue weighted by atomic mass is 10.2. The second-order valence-corrected chi connectivity index (χ2v) is 3.05. The van der Waals surface area contributed by atoms with Gasteiger partial charge in [-0.1, -0.05) is 0 Å². The van der Waals surface area contributed by atoms with Crippen LogP contribution in [0.15, 0.2) is 17.0 Å². The summed E-state index contributed by atoms with van der Waals surface area (Å²) in [6.07, 6.45) is 0. The molecule has 1 aromatic carbocycles. The van der Waals surface area contributed by atoms with Crippen LogP contribution in [0.3, 0.4) is 0 Å². The molecular weight excluding hydrogens is 204 g/mol. The molecule has 1 aromatic rings. The Bertz CT molecular complexity index is 368. The highest BCUT2D eigenvalue weighted by Crippen LogP contribution is 2.32. The van der Waals surface area contributed by atoms with Crippen molar-refractivity contribution in [2.45, 2.75) is 11.8 Å². The molecule has 76 valence electrons. The molecular formula is C8H10N2O3S. The third-order valence-corrected chi connectivity index (χ3v) is 1.99. The molecule has 0 spiro atoms. The summed E-state index contributed by atoms with van der Waals surface area (Å²) < 4.78 is 5.12. The molecule has 6 heteroatoms. The van der Waals surface area contributed by atoms with Gasteiger partial charge in [0.2, 0.25) is 0 Å². The van der Waals surface area contributed by atoms with Crippen LogP contribution in [0.4, 0.5) is 11.4 Å². The van der Waals surface area contributed by atoms with Gasteiger partial charge in [0.1, 0.15) is 11.4 Å². The Kier molecular flexibility index (Phi) is 3.19. The molecule has 0 fully saturated rings. The number of thiol groups is 1. The van der Waals surface area contributed by atoms with Crippen molar-refractivity contribution in [2.75, 3.05) is 12.3 Å². The van der Waals surface area contributed by atoms with E-state index in [4.69, 9.17) is 10.5 Å². The monoisotopic (exact) mass is 214 g/mol. The SMILES string of the molecule is CCOc1cc(S)c(N)c([N+](=O)[O-])c1. The van der Waals surface area contributed by atoms with E-state index in [-0.39, 0.29) is 11.4 Å². The lowest BCUT2D eigenvalue weighted by Gasteiger charge is -2.06. The van der Waals surface area contributed by atoms with Crippen molar-refractivity contribution in [3.05, 3.63) is 22.2 Å². The molecule has 5 nitrogen and oxygen atoms in total. The number of rotatable bonds is 3. The first kappa shape index (κ1) is 10.6. The fourth-order valence-corrected chi connectivity index (χ4v) is 1.24. The van der Waals surface area contributed by atoms with Crippen molar-refractivity contribution in [2.24, 2.45) is 0 Å². The number of ether oxygens (including phenoxy) is 1. The van der Waals surface area contributed by atoms with Crippen LogP contribution < -0.4 is 10.5 Å². The van der Waals surface area contributed by atoms with Crippen LogP contribution in [0, 0.1) is 10.1 Å². The maximum atomic E-state index is 10.6. The number of benzene rings is 1. The van der Waals surface area contributed by atoms with Crippen molar-refractivity contribution in [1.29, 1.82) is 0 Å². The molecule has 0 saturated carbocycles. The van der Waals surface area contributed by atoms with Gasteiger partial charge in [-0.15, -0.1) is 12.6 Å². The zero-order valence-electron chi connectivity index (χ0n) is 7.56. The van der Waals surface area contributed by atoms with E-state index in [1.807, 2.05) is 0 Å². The first-order valence-corrected chi connectivity index (χ1v) is 4.40. The smallest absolute Gasteiger partial charge is 0.296 e. The van der Waals surface area contributed by atoms with Crippen LogP contribution in [-0.4, -0.2) is 11.5 Å². The largest absolute Gasteiger partial charge is 0.494 e. The molecule has 1 rings (SSSR count). The third-order valence-electron chi connectivity index (χ3n) is 1.62. The quantitative estimate of drug-likeness (QED) is 0.348. The molecule has 0 aliphatic heterocycles. The second-order valence-electron chi connectivity index (χ2n) is 2.57. The van der Waals surface area contributed by atoms with E-state index in [0.717, 1.165) is 0 Å². The van der Waals surface area contributed by atoms with Gasteiger partial charge in [0, 0.05) is 4.90 Å². The van der Waals surface area contributed by atoms with Crippen molar-refractivity contribution in [3.63, 3.8) is 0 Å². The average molecular weight is 214 g/mol. The van der Waals surface area contributed by atoms with Crippen LogP contribution >= 0.6 is 12.6 Å². The summed E-state index contributed by atoms with van der Waals surface area (Å²) in [5.41, 5.74) is 5.35. The molecule has 0 amide bonds. The molecule has 0 atom stereocenters. The van der Waals surface area contributed by atoms with Gasteiger partial charge in [-0.25, -0.2) is 0 Å². The van der Waals surface area contributed by atoms with Gasteiger partial charge < -0.3 is 10.5 Å². The van der Waals surface area contributed by atoms with Gasteiger partial charge in [0.25, 0.3) is 5.69 Å². The number of nitrogens with two attached hydrogens (primary N) is 1. The molecule has 0 heterocycles. The highest BCUT2D eigenvalue weighted by molar-refractivity contribution is 7.80. The standard InChI is InChI=1S/C8H10N2O3S/c1-2-13-5-3-6(10(11)12)8(9)7(14)4-5/h3-4,14H,2,9H2,1H3. The zero-order valence-corrected chi connectivity index (χ0v) is 8.45. The summed E-state index contributed by atoms with van der Waals surface area (Å²) in [6.45, 7) is 2.23. The summed E-state index contributed by atoms with van der Waals surface area (Å²) in [7, 11) is 0. The molecule has 0 aliphatic carbocycles. The summed E-state index contributed by atoms with van der Waals surface area (Å²) >= 11 is 4.02. The number of hydrogen-bond acceptors (Lipinski definition) is 5. The summed E-state index contributed by atoms with van der Waals surface area (Å²) in [5.74, 6) is 0.401. The summed E-state index contributed by atoms with van der Waals surface area (Å²) in [4.78, 5) is 10.4. The molecule has 14 heavy (non-hydrogen) atoms. The Morgan fingerprint density at radius 3 is 2.79 bits per heavy atom. The van der Waals surface area contributed by atoms with E-state index in [9.17, 15) is 10.1 Å². The van der Waals surface area contributed by atoms with Gasteiger partial charge in [-0.3, -0.25) is 10.1 Å². The van der Waals surface area contributed by atoms with E-state index in [1.54, 1.807) is 13.0 Å². The summed E-state index contributed by atoms with van der Waals surface area (Å²) in [5, 5.41) is 10.6. The number of hydrogen-bond donors (Lipinski definition) is 2. The van der Waals surface area contributed by atoms with Crippen molar-refractivity contribution >= 4 is 24.0 Å². The fourth-order valence-electron chi connectivity index (χ4n) is 0.999. The fraction of sp³-hybridized carbons (Fsp3) is 0.250. The Labute approximate surface area is 86.4 Å². The molecule has 0 aliphatic rings. The van der Waals surface area contributed by atoms with E-state index >= 15 is 0 Å². The topological polar surface area (TPSA) is 78.4 Å². The van der Waals surface area contributed by atoms with Gasteiger partial charge in [-0.05, 0) is 13.0 Å². The molecule has 2 N–H and O–H groups in total. The minimum absolute atomic E-state index is 0.0572. The predicted octanol–water partition coefficient (Wildman–Crippen LogP) is 1.86. The van der Waals surface area contributed by atoms with Gasteiger partial charge >= 0.3 is 0 Å². The zero-order chi connectivity index (χ0) is 10.7. The highest BCUT2D eigenvalue weighted by Gasteiger charge is 2.15. The molecule has 0 unspecified atom stereocenters.